The molecule has 2 unspecified atom stereocenters. The first kappa shape index (κ1) is 20.0. The van der Waals surface area contributed by atoms with Gasteiger partial charge in [-0.2, -0.15) is 0 Å². The summed E-state index contributed by atoms with van der Waals surface area (Å²) < 4.78 is 12.0. The molecule has 1 N–H and O–H groups in total. The summed E-state index contributed by atoms with van der Waals surface area (Å²) in [7, 11) is 0. The Bertz CT molecular complexity index is 637. The van der Waals surface area contributed by atoms with E-state index in [1.165, 1.54) is 32.1 Å². The molecule has 0 amide bonds. The van der Waals surface area contributed by atoms with Crippen molar-refractivity contribution in [3.05, 3.63) is 33.7 Å². The molecule has 0 aromatic carbocycles. The first-order valence-electron chi connectivity index (χ1n) is 10.3. The highest BCUT2D eigenvalue weighted by molar-refractivity contribution is 7.97. The molecule has 0 radical (unpaired) electrons. The quantitative estimate of drug-likeness (QED) is 0.720. The molecule has 1 aliphatic heterocycles. The van der Waals surface area contributed by atoms with E-state index in [0.717, 1.165) is 35.8 Å². The maximum atomic E-state index is 12.8. The highest BCUT2D eigenvalue weighted by Crippen LogP contribution is 2.30. The predicted octanol–water partition coefficient (Wildman–Crippen LogP) is 4.26. The average Bonchev–Trinajstić information content (AvgIpc) is 2.68. The molecule has 2 heterocycles. The van der Waals surface area contributed by atoms with Crippen molar-refractivity contribution in [2.24, 2.45) is 5.92 Å². The number of nitrogens with one attached hydrogen (secondary N) is 1. The number of hydrogen-bond acceptors (Lipinski definition) is 4. The Morgan fingerprint density at radius 2 is 1.96 bits per heavy atom. The Morgan fingerprint density at radius 3 is 2.65 bits per heavy atom. The minimum absolute atomic E-state index is 0.0918. The lowest BCUT2D eigenvalue weighted by molar-refractivity contribution is -0.00679. The lowest BCUT2D eigenvalue weighted by atomic mass is 9.86. The molecule has 0 spiro atoms. The topological polar surface area (TPSA) is 43.3 Å². The van der Waals surface area contributed by atoms with Crippen molar-refractivity contribution in [3.63, 3.8) is 0 Å². The molecule has 26 heavy (non-hydrogen) atoms. The van der Waals surface area contributed by atoms with Crippen molar-refractivity contribution in [2.75, 3.05) is 12.4 Å². The van der Waals surface area contributed by atoms with Crippen LogP contribution >= 0.6 is 11.9 Å². The third kappa shape index (κ3) is 4.55. The molecule has 2 aliphatic rings. The molecule has 1 aromatic heterocycles. The van der Waals surface area contributed by atoms with Crippen LogP contribution in [-0.4, -0.2) is 29.1 Å². The smallest absolute Gasteiger partial charge is 0.254 e. The number of rotatable bonds is 7. The van der Waals surface area contributed by atoms with E-state index in [-0.39, 0.29) is 11.6 Å². The zero-order valence-corrected chi connectivity index (χ0v) is 17.3. The monoisotopic (exact) mass is 378 g/mol. The number of ether oxygens (including phenoxy) is 1. The number of nitrogens with zero attached hydrogens (tertiary/aromatic N) is 1. The first-order valence-corrected chi connectivity index (χ1v) is 11.3. The van der Waals surface area contributed by atoms with Gasteiger partial charge in [-0.3, -0.25) is 9.52 Å². The van der Waals surface area contributed by atoms with Crippen molar-refractivity contribution < 1.29 is 4.74 Å². The summed E-state index contributed by atoms with van der Waals surface area (Å²) in [6, 6.07) is 4.47. The fourth-order valence-electron chi connectivity index (χ4n) is 4.40. The average molecular weight is 379 g/mol. The molecule has 1 aromatic rings. The molecule has 2 atom stereocenters. The van der Waals surface area contributed by atoms with Crippen molar-refractivity contribution in [2.45, 2.75) is 83.9 Å². The summed E-state index contributed by atoms with van der Waals surface area (Å²) in [5, 5.41) is 0. The molecule has 5 heteroatoms. The van der Waals surface area contributed by atoms with Gasteiger partial charge in [0.15, 0.2) is 0 Å². The molecule has 3 rings (SSSR count). The van der Waals surface area contributed by atoms with Crippen LogP contribution < -0.4 is 10.3 Å². The van der Waals surface area contributed by atoms with Gasteiger partial charge < -0.3 is 9.30 Å². The summed E-state index contributed by atoms with van der Waals surface area (Å²) in [5.41, 5.74) is 2.13. The van der Waals surface area contributed by atoms with Crippen LogP contribution in [0.25, 0.3) is 0 Å². The van der Waals surface area contributed by atoms with Crippen LogP contribution in [-0.2, 0) is 11.2 Å². The van der Waals surface area contributed by atoms with Gasteiger partial charge in [0.25, 0.3) is 5.56 Å². The van der Waals surface area contributed by atoms with Crippen LogP contribution in [0.1, 0.15) is 69.7 Å². The van der Waals surface area contributed by atoms with E-state index in [4.69, 9.17) is 4.74 Å². The van der Waals surface area contributed by atoms with Gasteiger partial charge in [0.05, 0.1) is 18.8 Å². The van der Waals surface area contributed by atoms with Crippen LogP contribution in [0.4, 0.5) is 0 Å². The number of pyridine rings is 1. The van der Waals surface area contributed by atoms with Crippen LogP contribution in [0.15, 0.2) is 16.9 Å². The van der Waals surface area contributed by atoms with Gasteiger partial charge in [0.1, 0.15) is 0 Å². The maximum Gasteiger partial charge on any atom is 0.254 e. The van der Waals surface area contributed by atoms with Crippen molar-refractivity contribution in [1.29, 1.82) is 0 Å². The predicted molar refractivity (Wildman–Crippen MR) is 110 cm³/mol. The minimum atomic E-state index is 0.0918. The molecule has 1 fully saturated rings. The zero-order chi connectivity index (χ0) is 18.5. The lowest BCUT2D eigenvalue weighted by Gasteiger charge is -2.37. The van der Waals surface area contributed by atoms with Gasteiger partial charge in [0, 0.05) is 23.1 Å². The Balaban J connectivity index is 1.73. The van der Waals surface area contributed by atoms with E-state index >= 15 is 0 Å². The summed E-state index contributed by atoms with van der Waals surface area (Å²) in [4.78, 5) is 12.8. The van der Waals surface area contributed by atoms with E-state index in [1.54, 1.807) is 11.9 Å². The summed E-state index contributed by atoms with van der Waals surface area (Å²) in [6.07, 6.45) is 8.58. The van der Waals surface area contributed by atoms with Crippen LogP contribution in [0.3, 0.4) is 0 Å². The summed E-state index contributed by atoms with van der Waals surface area (Å²) in [6.45, 7) is 7.00. The number of aryl methyl sites for hydroxylation is 2. The highest BCUT2D eigenvalue weighted by Gasteiger charge is 2.32. The Hall–Kier alpha value is -0.780. The standard InChI is InChI=1S/C21H34N2O2S/c1-4-16-7-11-18(12-8-16)25-14-20-19(22-26-5-2)13-10-17-9-6-15(3)21(24)23(17)20/h6,9,16,18-20,22H,4-5,7-8,10-14H2,1-3H3. The second kappa shape index (κ2) is 9.43. The molecule has 0 bridgehead atoms. The van der Waals surface area contributed by atoms with Gasteiger partial charge in [-0.25, -0.2) is 0 Å². The van der Waals surface area contributed by atoms with Crippen molar-refractivity contribution in [3.8, 4) is 0 Å². The molecular formula is C21H34N2O2S. The van der Waals surface area contributed by atoms with E-state index in [1.807, 2.05) is 17.6 Å². The third-order valence-corrected chi connectivity index (χ3v) is 6.91. The molecular weight excluding hydrogens is 344 g/mol. The van der Waals surface area contributed by atoms with E-state index in [9.17, 15) is 4.79 Å². The van der Waals surface area contributed by atoms with Gasteiger partial charge in [-0.1, -0.05) is 38.3 Å². The van der Waals surface area contributed by atoms with Gasteiger partial charge in [-0.05, 0) is 57.4 Å². The van der Waals surface area contributed by atoms with Crippen LogP contribution in [0, 0.1) is 12.8 Å². The summed E-state index contributed by atoms with van der Waals surface area (Å²) >= 11 is 1.75. The van der Waals surface area contributed by atoms with Crippen molar-refractivity contribution in [1.82, 2.24) is 9.29 Å². The summed E-state index contributed by atoms with van der Waals surface area (Å²) in [5.74, 6) is 1.91. The maximum absolute atomic E-state index is 12.8. The minimum Gasteiger partial charge on any atom is -0.376 e. The third-order valence-electron chi connectivity index (χ3n) is 6.15. The molecule has 0 saturated heterocycles. The highest BCUT2D eigenvalue weighted by atomic mass is 32.2. The Morgan fingerprint density at radius 1 is 1.19 bits per heavy atom. The number of aromatic nitrogens is 1. The van der Waals surface area contributed by atoms with Gasteiger partial charge in [-0.15, -0.1) is 0 Å². The van der Waals surface area contributed by atoms with Crippen molar-refractivity contribution >= 4 is 11.9 Å². The van der Waals surface area contributed by atoms with Crippen LogP contribution in [0.2, 0.25) is 0 Å². The SMILES string of the molecule is CCSNC1CCc2ccc(C)c(=O)n2C1COC1CCC(CC)CC1. The zero-order valence-electron chi connectivity index (χ0n) is 16.5. The van der Waals surface area contributed by atoms with E-state index < -0.39 is 0 Å². The largest absolute Gasteiger partial charge is 0.376 e. The molecule has 4 nitrogen and oxygen atoms in total. The van der Waals surface area contributed by atoms with E-state index in [0.29, 0.717) is 18.8 Å². The lowest BCUT2D eigenvalue weighted by Crippen LogP contribution is -2.46. The van der Waals surface area contributed by atoms with Crippen LogP contribution in [0.5, 0.6) is 0 Å². The second-order valence-electron chi connectivity index (χ2n) is 7.83. The fourth-order valence-corrected chi connectivity index (χ4v) is 5.05. The normalized spacial score (nSPS) is 28.7. The second-order valence-corrected chi connectivity index (χ2v) is 8.93. The first-order chi connectivity index (χ1) is 12.6. The number of fused-ring (bicyclic) bond motifs is 1. The molecule has 1 saturated carbocycles. The fraction of sp³-hybridized carbons (Fsp3) is 0.762. The van der Waals surface area contributed by atoms with Gasteiger partial charge in [0.2, 0.25) is 0 Å². The Kier molecular flexibility index (Phi) is 7.24. The number of hydrogen-bond donors (Lipinski definition) is 1. The van der Waals surface area contributed by atoms with Gasteiger partial charge >= 0.3 is 0 Å². The molecule has 1 aliphatic carbocycles. The molecule has 146 valence electrons. The Labute approximate surface area is 162 Å². The van der Waals surface area contributed by atoms with E-state index in [2.05, 4.69) is 24.6 Å².